The number of fused-ring (bicyclic) bond motifs is 2. The molecular formula is C24H32FN7. The number of rotatable bonds is 2. The van der Waals surface area contributed by atoms with Crippen molar-refractivity contribution in [1.82, 2.24) is 24.5 Å². The number of piperidine rings is 1. The van der Waals surface area contributed by atoms with Gasteiger partial charge in [0.25, 0.3) is 0 Å². The van der Waals surface area contributed by atoms with Crippen LogP contribution >= 0.6 is 0 Å². The van der Waals surface area contributed by atoms with Crippen LogP contribution in [0.15, 0.2) is 35.6 Å². The van der Waals surface area contributed by atoms with Gasteiger partial charge < -0.3 is 10.6 Å². The molecule has 32 heavy (non-hydrogen) atoms. The standard InChI is InChI=1S/C17H16N6.C7H14FN.H2/c1-9-15(10-2-3-10)16-13(20-9)5-4-12(21-16)11-6-7-23-14(11)8-19-17(18)22-23;1-7(8)4-3-5-9(2)6-7;/h4-8,10,15H,2-3H2,1H3,(H2,18,22);3-6H2,1-2H3;1H. The molecule has 170 valence electrons. The summed E-state index contributed by atoms with van der Waals surface area (Å²) in [7, 11) is 1.97. The van der Waals surface area contributed by atoms with E-state index < -0.39 is 5.67 Å². The summed E-state index contributed by atoms with van der Waals surface area (Å²) in [6.45, 7) is 5.46. The zero-order valence-corrected chi connectivity index (χ0v) is 18.9. The molecule has 8 heteroatoms. The molecule has 3 aromatic rings. The Hall–Kier alpha value is -2.87. The van der Waals surface area contributed by atoms with Gasteiger partial charge in [0.15, 0.2) is 0 Å². The largest absolute Gasteiger partial charge is 0.367 e. The lowest BCUT2D eigenvalue weighted by atomic mass is 9.95. The average Bonchev–Trinajstić information content (AvgIpc) is 3.38. The third kappa shape index (κ3) is 4.11. The number of pyridine rings is 1. The topological polar surface area (TPSA) is 84.7 Å². The van der Waals surface area contributed by atoms with Crippen LogP contribution in [0.2, 0.25) is 0 Å². The minimum atomic E-state index is -0.924. The Kier molecular flexibility index (Phi) is 5.20. The van der Waals surface area contributed by atoms with Crippen LogP contribution in [0, 0.1) is 5.92 Å². The van der Waals surface area contributed by atoms with Gasteiger partial charge in [-0.15, -0.1) is 5.10 Å². The Morgan fingerprint density at radius 1 is 1.25 bits per heavy atom. The van der Waals surface area contributed by atoms with Gasteiger partial charge in [0, 0.05) is 31.4 Å². The first kappa shape index (κ1) is 21.0. The molecule has 1 saturated carbocycles. The Morgan fingerprint density at radius 3 is 2.75 bits per heavy atom. The Bertz CT molecular complexity index is 1180. The van der Waals surface area contributed by atoms with Crippen LogP contribution in [0.3, 0.4) is 0 Å². The summed E-state index contributed by atoms with van der Waals surface area (Å²) in [5, 5.41) is 4.19. The summed E-state index contributed by atoms with van der Waals surface area (Å²) in [6, 6.07) is 6.11. The van der Waals surface area contributed by atoms with Crippen molar-refractivity contribution >= 4 is 22.9 Å². The van der Waals surface area contributed by atoms with E-state index in [9.17, 15) is 4.39 Å². The minimum absolute atomic E-state index is 0. The first-order valence-electron chi connectivity index (χ1n) is 11.3. The fourth-order valence-corrected chi connectivity index (χ4v) is 4.96. The Morgan fingerprint density at radius 2 is 2.06 bits per heavy atom. The van der Waals surface area contributed by atoms with E-state index in [1.165, 1.54) is 18.6 Å². The summed E-state index contributed by atoms with van der Waals surface area (Å²) < 4.78 is 14.8. The number of likely N-dealkylation sites (tertiary alicyclic amines) is 1. The van der Waals surface area contributed by atoms with Crippen molar-refractivity contribution in [3.63, 3.8) is 0 Å². The van der Waals surface area contributed by atoms with Gasteiger partial charge in [0.2, 0.25) is 5.95 Å². The summed E-state index contributed by atoms with van der Waals surface area (Å²) in [5.41, 5.74) is 10.9. The van der Waals surface area contributed by atoms with Crippen LogP contribution in [0.25, 0.3) is 16.8 Å². The van der Waals surface area contributed by atoms with Crippen LogP contribution in [0.4, 0.5) is 16.0 Å². The van der Waals surface area contributed by atoms with Crippen molar-refractivity contribution in [2.45, 2.75) is 51.1 Å². The molecule has 1 saturated heterocycles. The quantitative estimate of drug-likeness (QED) is 0.630. The van der Waals surface area contributed by atoms with E-state index in [-0.39, 0.29) is 7.37 Å². The predicted molar refractivity (Wildman–Crippen MR) is 127 cm³/mol. The van der Waals surface area contributed by atoms with E-state index in [4.69, 9.17) is 15.7 Å². The molecule has 7 nitrogen and oxygen atoms in total. The van der Waals surface area contributed by atoms with Crippen molar-refractivity contribution in [2.24, 2.45) is 10.9 Å². The molecular weight excluding hydrogens is 405 g/mol. The van der Waals surface area contributed by atoms with Crippen LogP contribution in [-0.2, 0) is 0 Å². The van der Waals surface area contributed by atoms with Gasteiger partial charge in [0.05, 0.1) is 28.8 Å². The van der Waals surface area contributed by atoms with Gasteiger partial charge >= 0.3 is 0 Å². The van der Waals surface area contributed by atoms with Crippen molar-refractivity contribution < 1.29 is 5.82 Å². The maximum Gasteiger partial charge on any atom is 0.238 e. The molecule has 0 spiro atoms. The monoisotopic (exact) mass is 437 g/mol. The van der Waals surface area contributed by atoms with E-state index in [1.54, 1.807) is 17.6 Å². The van der Waals surface area contributed by atoms with E-state index in [2.05, 4.69) is 23.1 Å². The second-order valence-electron chi connectivity index (χ2n) is 9.60. The number of halogens is 1. The number of hydrogen-bond donors (Lipinski definition) is 1. The minimum Gasteiger partial charge on any atom is -0.367 e. The molecule has 2 unspecified atom stereocenters. The maximum atomic E-state index is 13.1. The van der Waals surface area contributed by atoms with E-state index in [0.717, 1.165) is 53.5 Å². The van der Waals surface area contributed by atoms with Crippen molar-refractivity contribution in [2.75, 3.05) is 25.9 Å². The van der Waals surface area contributed by atoms with Gasteiger partial charge in [-0.3, -0.25) is 4.99 Å². The van der Waals surface area contributed by atoms with Crippen LogP contribution in [0.5, 0.6) is 0 Å². The summed E-state index contributed by atoms with van der Waals surface area (Å²) in [5.74, 6) is 1.38. The molecule has 1 aliphatic carbocycles. The average molecular weight is 438 g/mol. The third-order valence-electron chi connectivity index (χ3n) is 6.59. The van der Waals surface area contributed by atoms with Crippen molar-refractivity contribution in [3.05, 3.63) is 36.3 Å². The molecule has 2 fully saturated rings. The number of alkyl halides is 1. The maximum absolute atomic E-state index is 13.1. The molecule has 0 radical (unpaired) electrons. The molecule has 3 aliphatic rings. The molecule has 0 aromatic carbocycles. The summed E-state index contributed by atoms with van der Waals surface area (Å²) in [6.07, 6.45) is 7.93. The van der Waals surface area contributed by atoms with Crippen LogP contribution in [0.1, 0.15) is 52.6 Å². The second-order valence-corrected chi connectivity index (χ2v) is 9.60. The second kappa shape index (κ2) is 7.92. The lowest BCUT2D eigenvalue weighted by molar-refractivity contribution is 0.0758. The van der Waals surface area contributed by atoms with Gasteiger partial charge in [-0.1, -0.05) is 0 Å². The van der Waals surface area contributed by atoms with Crippen LogP contribution in [-0.4, -0.2) is 56.0 Å². The molecule has 0 bridgehead atoms. The first-order valence-corrected chi connectivity index (χ1v) is 11.3. The highest BCUT2D eigenvalue weighted by molar-refractivity contribution is 5.96. The third-order valence-corrected chi connectivity index (χ3v) is 6.59. The zero-order valence-electron chi connectivity index (χ0n) is 18.9. The molecule has 3 aromatic heterocycles. The number of hydrogen-bond acceptors (Lipinski definition) is 6. The van der Waals surface area contributed by atoms with Gasteiger partial charge in [0.1, 0.15) is 5.67 Å². The highest BCUT2D eigenvalue weighted by atomic mass is 19.1. The molecule has 6 rings (SSSR count). The normalized spacial score (nSPS) is 25.2. The fraction of sp³-hybridized carbons (Fsp3) is 0.500. The lowest BCUT2D eigenvalue weighted by Gasteiger charge is -2.32. The number of nitrogens with zero attached hydrogens (tertiary/aromatic N) is 6. The van der Waals surface area contributed by atoms with Crippen LogP contribution < -0.4 is 5.73 Å². The van der Waals surface area contributed by atoms with E-state index in [1.807, 2.05) is 30.3 Å². The Balaban J connectivity index is 0.000000221. The Labute approximate surface area is 189 Å². The van der Waals surface area contributed by atoms with E-state index in [0.29, 0.717) is 12.5 Å². The highest BCUT2D eigenvalue weighted by Crippen LogP contribution is 2.49. The molecule has 5 heterocycles. The number of aliphatic imine (C=N–C) groups is 1. The molecule has 2 atom stereocenters. The van der Waals surface area contributed by atoms with Crippen molar-refractivity contribution in [1.29, 1.82) is 0 Å². The lowest BCUT2D eigenvalue weighted by Crippen LogP contribution is -2.40. The predicted octanol–water partition coefficient (Wildman–Crippen LogP) is 4.66. The summed E-state index contributed by atoms with van der Waals surface area (Å²) in [4.78, 5) is 15.8. The van der Waals surface area contributed by atoms with Gasteiger partial charge in [-0.05, 0) is 77.2 Å². The number of aromatic nitrogens is 4. The van der Waals surface area contributed by atoms with E-state index >= 15 is 0 Å². The first-order chi connectivity index (χ1) is 15.3. The smallest absolute Gasteiger partial charge is 0.238 e. The zero-order chi connectivity index (χ0) is 22.5. The van der Waals surface area contributed by atoms with Gasteiger partial charge in [-0.25, -0.2) is 18.9 Å². The van der Waals surface area contributed by atoms with Crippen molar-refractivity contribution in [3.8, 4) is 11.3 Å². The fourth-order valence-electron chi connectivity index (χ4n) is 4.96. The number of nitrogen functional groups attached to an aromatic ring is 1. The molecule has 0 amide bonds. The molecule has 2 aliphatic heterocycles. The highest BCUT2D eigenvalue weighted by Gasteiger charge is 2.39. The number of nitrogens with two attached hydrogens (primary N) is 1. The molecule has 2 N–H and O–H groups in total. The number of anilines is 1. The van der Waals surface area contributed by atoms with Gasteiger partial charge in [-0.2, -0.15) is 0 Å². The SMILES string of the molecule is CC1=Nc2ccc(-c3ccn4nc(N)ncc34)nc2C1C1CC1.CN1CCCC(C)(F)C1.[HH]. The summed E-state index contributed by atoms with van der Waals surface area (Å²) >= 11 is 0.